The number of esters is 1. The molecule has 2 aromatic carbocycles. The summed E-state index contributed by atoms with van der Waals surface area (Å²) in [5, 5.41) is 2.79. The van der Waals surface area contributed by atoms with Crippen LogP contribution in [0, 0.1) is 5.92 Å². The fourth-order valence-electron chi connectivity index (χ4n) is 3.63. The first-order valence-electron chi connectivity index (χ1n) is 10.9. The van der Waals surface area contributed by atoms with Gasteiger partial charge in [-0.05, 0) is 29.9 Å². The highest BCUT2D eigenvalue weighted by atomic mass is 16.6. The van der Waals surface area contributed by atoms with Crippen molar-refractivity contribution < 1.29 is 23.9 Å². The minimum absolute atomic E-state index is 0.139. The Kier molecular flexibility index (Phi) is 8.25. The summed E-state index contributed by atoms with van der Waals surface area (Å²) in [5.41, 5.74) is 1.75. The summed E-state index contributed by atoms with van der Waals surface area (Å²) < 4.78 is 10.8. The SMILES string of the molecule is CC(C)[C@H](NC(=O)[C@H]1CCCN1C(=O)OCc1ccccc1)C(=O)OCc1ccccc1. The molecule has 0 unspecified atom stereocenters. The van der Waals surface area contributed by atoms with Crippen LogP contribution in [0.25, 0.3) is 0 Å². The van der Waals surface area contributed by atoms with E-state index in [4.69, 9.17) is 9.47 Å². The molecule has 1 aliphatic heterocycles. The topological polar surface area (TPSA) is 84.9 Å². The Morgan fingerprint density at radius 1 is 0.938 bits per heavy atom. The van der Waals surface area contributed by atoms with Crippen LogP contribution in [-0.4, -0.2) is 41.5 Å². The number of nitrogens with one attached hydrogen (secondary N) is 1. The predicted molar refractivity (Wildman–Crippen MR) is 119 cm³/mol. The average molecular weight is 439 g/mol. The van der Waals surface area contributed by atoms with Crippen LogP contribution < -0.4 is 5.32 Å². The van der Waals surface area contributed by atoms with Crippen molar-refractivity contribution in [1.29, 1.82) is 0 Å². The number of benzene rings is 2. The van der Waals surface area contributed by atoms with E-state index in [2.05, 4.69) is 5.32 Å². The maximum atomic E-state index is 13.0. The molecular formula is C25H30N2O5. The van der Waals surface area contributed by atoms with Gasteiger partial charge in [0.05, 0.1) is 0 Å². The van der Waals surface area contributed by atoms with Gasteiger partial charge in [-0.1, -0.05) is 74.5 Å². The van der Waals surface area contributed by atoms with Gasteiger partial charge in [-0.3, -0.25) is 9.69 Å². The van der Waals surface area contributed by atoms with Crippen LogP contribution >= 0.6 is 0 Å². The van der Waals surface area contributed by atoms with E-state index in [1.807, 2.05) is 74.5 Å². The van der Waals surface area contributed by atoms with Crippen molar-refractivity contribution in [3.63, 3.8) is 0 Å². The molecule has 1 saturated heterocycles. The maximum absolute atomic E-state index is 13.0. The number of hydrogen-bond acceptors (Lipinski definition) is 5. The first-order chi connectivity index (χ1) is 15.5. The van der Waals surface area contributed by atoms with Crippen molar-refractivity contribution in [1.82, 2.24) is 10.2 Å². The lowest BCUT2D eigenvalue weighted by Gasteiger charge is -2.27. The molecule has 1 aliphatic rings. The fourth-order valence-corrected chi connectivity index (χ4v) is 3.63. The van der Waals surface area contributed by atoms with E-state index in [-0.39, 0.29) is 25.0 Å². The summed E-state index contributed by atoms with van der Waals surface area (Å²) >= 11 is 0. The van der Waals surface area contributed by atoms with Gasteiger partial charge in [0.2, 0.25) is 5.91 Å². The highest BCUT2D eigenvalue weighted by molar-refractivity contribution is 5.90. The van der Waals surface area contributed by atoms with Gasteiger partial charge in [0, 0.05) is 6.54 Å². The molecule has 1 fully saturated rings. The Bertz CT molecular complexity index is 901. The van der Waals surface area contributed by atoms with Crippen LogP contribution in [0.1, 0.15) is 37.8 Å². The summed E-state index contributed by atoms with van der Waals surface area (Å²) in [6.45, 7) is 4.41. The third kappa shape index (κ3) is 6.33. The van der Waals surface area contributed by atoms with Gasteiger partial charge in [0.1, 0.15) is 25.3 Å². The summed E-state index contributed by atoms with van der Waals surface area (Å²) in [4.78, 5) is 39.6. The quantitative estimate of drug-likeness (QED) is 0.636. The second-order valence-corrected chi connectivity index (χ2v) is 8.22. The normalized spacial score (nSPS) is 16.5. The number of amides is 2. The van der Waals surface area contributed by atoms with Crippen LogP contribution in [0.4, 0.5) is 4.79 Å². The van der Waals surface area contributed by atoms with Crippen molar-refractivity contribution in [3.05, 3.63) is 71.8 Å². The number of rotatable bonds is 8. The lowest BCUT2D eigenvalue weighted by atomic mass is 10.0. The molecule has 1 N–H and O–H groups in total. The molecular weight excluding hydrogens is 408 g/mol. The largest absolute Gasteiger partial charge is 0.459 e. The molecule has 1 heterocycles. The summed E-state index contributed by atoms with van der Waals surface area (Å²) in [6, 6.07) is 17.3. The van der Waals surface area contributed by atoms with Gasteiger partial charge < -0.3 is 14.8 Å². The molecule has 32 heavy (non-hydrogen) atoms. The lowest BCUT2D eigenvalue weighted by molar-refractivity contribution is -0.150. The molecule has 0 bridgehead atoms. The molecule has 0 aliphatic carbocycles. The van der Waals surface area contributed by atoms with E-state index in [1.54, 1.807) is 0 Å². The Morgan fingerprint density at radius 3 is 2.06 bits per heavy atom. The van der Waals surface area contributed by atoms with Gasteiger partial charge in [-0.2, -0.15) is 0 Å². The first kappa shape index (κ1) is 23.3. The van der Waals surface area contributed by atoms with E-state index in [9.17, 15) is 14.4 Å². The molecule has 0 saturated carbocycles. The number of hydrogen-bond donors (Lipinski definition) is 1. The molecule has 7 heteroatoms. The van der Waals surface area contributed by atoms with Crippen molar-refractivity contribution >= 4 is 18.0 Å². The molecule has 2 amide bonds. The summed E-state index contributed by atoms with van der Waals surface area (Å²) in [5.74, 6) is -1.02. The Labute approximate surface area is 188 Å². The number of likely N-dealkylation sites (tertiary alicyclic amines) is 1. The Hall–Kier alpha value is -3.35. The zero-order valence-corrected chi connectivity index (χ0v) is 18.5. The number of carbonyl (C=O) groups is 3. The van der Waals surface area contributed by atoms with E-state index < -0.39 is 24.1 Å². The number of carbonyl (C=O) groups excluding carboxylic acids is 3. The van der Waals surface area contributed by atoms with Crippen LogP contribution in [0.15, 0.2) is 60.7 Å². The zero-order valence-electron chi connectivity index (χ0n) is 18.5. The minimum atomic E-state index is -0.797. The standard InChI is InChI=1S/C25H30N2O5/c1-18(2)22(24(29)31-16-19-10-5-3-6-11-19)26-23(28)21-14-9-15-27(21)25(30)32-17-20-12-7-4-8-13-20/h3-8,10-13,18,21-22H,9,14-17H2,1-2H3,(H,26,28)/t21-,22+/m1/s1. The molecule has 170 valence electrons. The van der Waals surface area contributed by atoms with Crippen LogP contribution in [-0.2, 0) is 32.3 Å². The van der Waals surface area contributed by atoms with E-state index in [1.165, 1.54) is 4.90 Å². The van der Waals surface area contributed by atoms with Gasteiger partial charge in [-0.25, -0.2) is 9.59 Å². The highest BCUT2D eigenvalue weighted by Gasteiger charge is 2.37. The first-order valence-corrected chi connectivity index (χ1v) is 10.9. The maximum Gasteiger partial charge on any atom is 0.410 e. The average Bonchev–Trinajstić information content (AvgIpc) is 3.31. The molecule has 0 aromatic heterocycles. The van der Waals surface area contributed by atoms with Crippen molar-refractivity contribution in [2.75, 3.05) is 6.54 Å². The molecule has 3 rings (SSSR count). The van der Waals surface area contributed by atoms with E-state index in [0.29, 0.717) is 19.4 Å². The number of nitrogens with zero attached hydrogens (tertiary/aromatic N) is 1. The Morgan fingerprint density at radius 2 is 1.50 bits per heavy atom. The lowest BCUT2D eigenvalue weighted by Crippen LogP contribution is -2.52. The van der Waals surface area contributed by atoms with Crippen LogP contribution in [0.2, 0.25) is 0 Å². The molecule has 2 atom stereocenters. The molecule has 7 nitrogen and oxygen atoms in total. The second-order valence-electron chi connectivity index (χ2n) is 8.22. The van der Waals surface area contributed by atoms with E-state index >= 15 is 0 Å². The number of ether oxygens (including phenoxy) is 2. The Balaban J connectivity index is 1.56. The van der Waals surface area contributed by atoms with Crippen molar-refractivity contribution in [2.24, 2.45) is 5.92 Å². The van der Waals surface area contributed by atoms with Crippen LogP contribution in [0.5, 0.6) is 0 Å². The predicted octanol–water partition coefficient (Wildman–Crippen LogP) is 3.67. The summed E-state index contributed by atoms with van der Waals surface area (Å²) in [7, 11) is 0. The van der Waals surface area contributed by atoms with Gasteiger partial charge in [-0.15, -0.1) is 0 Å². The van der Waals surface area contributed by atoms with Crippen LogP contribution in [0.3, 0.4) is 0 Å². The molecule has 0 spiro atoms. The fraction of sp³-hybridized carbons (Fsp3) is 0.400. The molecule has 0 radical (unpaired) electrons. The minimum Gasteiger partial charge on any atom is -0.459 e. The van der Waals surface area contributed by atoms with Gasteiger partial charge >= 0.3 is 12.1 Å². The van der Waals surface area contributed by atoms with E-state index in [0.717, 1.165) is 11.1 Å². The monoisotopic (exact) mass is 438 g/mol. The summed E-state index contributed by atoms with van der Waals surface area (Å²) in [6.07, 6.45) is 0.693. The third-order valence-corrected chi connectivity index (χ3v) is 5.44. The molecule has 2 aromatic rings. The second kappa shape index (κ2) is 11.3. The van der Waals surface area contributed by atoms with Gasteiger partial charge in [0.25, 0.3) is 0 Å². The highest BCUT2D eigenvalue weighted by Crippen LogP contribution is 2.20. The van der Waals surface area contributed by atoms with Gasteiger partial charge in [0.15, 0.2) is 0 Å². The third-order valence-electron chi connectivity index (χ3n) is 5.44. The van der Waals surface area contributed by atoms with Crippen molar-refractivity contribution in [2.45, 2.75) is 52.0 Å². The zero-order chi connectivity index (χ0) is 22.9. The smallest absolute Gasteiger partial charge is 0.410 e. The van der Waals surface area contributed by atoms with Crippen molar-refractivity contribution in [3.8, 4) is 0 Å².